The van der Waals surface area contributed by atoms with Gasteiger partial charge in [0.05, 0.1) is 13.2 Å². The monoisotopic (exact) mass is 330 g/mol. The minimum Gasteiger partial charge on any atom is -0.504 e. The summed E-state index contributed by atoms with van der Waals surface area (Å²) < 4.78 is 5.11. The molecule has 0 radical (unpaired) electrons. The van der Waals surface area contributed by atoms with Crippen LogP contribution >= 0.6 is 12.2 Å². The predicted molar refractivity (Wildman–Crippen MR) is 96.7 cm³/mol. The lowest BCUT2D eigenvalue weighted by Gasteiger charge is -2.20. The van der Waals surface area contributed by atoms with Gasteiger partial charge in [-0.1, -0.05) is 43.3 Å². The number of hydrogen-bond donors (Lipinski definition) is 3. The van der Waals surface area contributed by atoms with E-state index in [1.807, 2.05) is 24.3 Å². The molecular weight excluding hydrogens is 308 g/mol. The molecule has 3 N–H and O–H groups in total. The zero-order valence-corrected chi connectivity index (χ0v) is 14.2. The average Bonchev–Trinajstić information content (AvgIpc) is 2.59. The maximum atomic E-state index is 9.61. The molecule has 23 heavy (non-hydrogen) atoms. The standard InChI is InChI=1S/C18H22N2O2S/c1-3-15(14-7-5-4-6-8-14)20-18(23)19-12-13-9-10-16(21)17(11-13)22-2/h4-11,15,21H,3,12H2,1-2H3,(H2,19,20,23). The van der Waals surface area contributed by atoms with E-state index in [1.165, 1.54) is 12.7 Å². The number of thiocarbonyl (C=S) groups is 1. The molecular formula is C18H22N2O2S. The van der Waals surface area contributed by atoms with Crippen LogP contribution in [-0.2, 0) is 6.54 Å². The van der Waals surface area contributed by atoms with Gasteiger partial charge in [-0.25, -0.2) is 0 Å². The van der Waals surface area contributed by atoms with Crippen LogP contribution in [0, 0.1) is 0 Å². The number of phenols is 1. The van der Waals surface area contributed by atoms with Crippen molar-refractivity contribution in [1.29, 1.82) is 0 Å². The van der Waals surface area contributed by atoms with Crippen molar-refractivity contribution in [3.63, 3.8) is 0 Å². The molecule has 0 aliphatic carbocycles. The molecule has 0 saturated carbocycles. The van der Waals surface area contributed by atoms with E-state index < -0.39 is 0 Å². The molecule has 0 aliphatic rings. The molecule has 0 saturated heterocycles. The summed E-state index contributed by atoms with van der Waals surface area (Å²) >= 11 is 5.38. The highest BCUT2D eigenvalue weighted by molar-refractivity contribution is 7.80. The fourth-order valence-electron chi connectivity index (χ4n) is 2.33. The van der Waals surface area contributed by atoms with E-state index in [0.29, 0.717) is 17.4 Å². The first-order valence-corrected chi connectivity index (χ1v) is 8.00. The second kappa shape index (κ2) is 8.39. The Hall–Kier alpha value is -2.27. The predicted octanol–water partition coefficient (Wildman–Crippen LogP) is 3.52. The van der Waals surface area contributed by atoms with Crippen molar-refractivity contribution in [3.8, 4) is 11.5 Å². The number of hydrogen-bond acceptors (Lipinski definition) is 3. The lowest BCUT2D eigenvalue weighted by molar-refractivity contribution is 0.373. The molecule has 0 aromatic heterocycles. The third-order valence-corrected chi connectivity index (χ3v) is 3.87. The Morgan fingerprint density at radius 3 is 2.61 bits per heavy atom. The molecule has 0 aliphatic heterocycles. The van der Waals surface area contributed by atoms with Gasteiger partial charge < -0.3 is 20.5 Å². The molecule has 0 spiro atoms. The van der Waals surface area contributed by atoms with Gasteiger partial charge >= 0.3 is 0 Å². The first-order chi connectivity index (χ1) is 11.1. The van der Waals surface area contributed by atoms with Crippen LogP contribution in [0.1, 0.15) is 30.5 Å². The van der Waals surface area contributed by atoms with Gasteiger partial charge in [0.1, 0.15) is 0 Å². The third-order valence-electron chi connectivity index (χ3n) is 3.61. The minimum absolute atomic E-state index is 0.132. The summed E-state index contributed by atoms with van der Waals surface area (Å²) in [6.45, 7) is 2.69. The molecule has 2 aromatic rings. The molecule has 2 rings (SSSR count). The number of aromatic hydroxyl groups is 1. The largest absolute Gasteiger partial charge is 0.504 e. The second-order valence-corrected chi connectivity index (χ2v) is 5.61. The number of ether oxygens (including phenoxy) is 1. The fourth-order valence-corrected chi connectivity index (χ4v) is 2.54. The van der Waals surface area contributed by atoms with E-state index in [0.717, 1.165) is 12.0 Å². The van der Waals surface area contributed by atoms with Crippen molar-refractivity contribution >= 4 is 17.3 Å². The first kappa shape index (κ1) is 17.1. The smallest absolute Gasteiger partial charge is 0.167 e. The molecule has 0 bridgehead atoms. The zero-order valence-electron chi connectivity index (χ0n) is 13.4. The molecule has 1 unspecified atom stereocenters. The Bertz CT molecular complexity index is 647. The second-order valence-electron chi connectivity index (χ2n) is 5.20. The number of phenolic OH excluding ortho intramolecular Hbond substituents is 1. The summed E-state index contributed by atoms with van der Waals surface area (Å²) in [7, 11) is 1.53. The first-order valence-electron chi connectivity index (χ1n) is 7.59. The zero-order chi connectivity index (χ0) is 16.7. The number of benzene rings is 2. The topological polar surface area (TPSA) is 53.5 Å². The van der Waals surface area contributed by atoms with Gasteiger partial charge in [0.2, 0.25) is 0 Å². The molecule has 4 nitrogen and oxygen atoms in total. The molecule has 122 valence electrons. The van der Waals surface area contributed by atoms with Crippen molar-refractivity contribution in [3.05, 3.63) is 59.7 Å². The average molecular weight is 330 g/mol. The minimum atomic E-state index is 0.132. The molecule has 5 heteroatoms. The van der Waals surface area contributed by atoms with Crippen molar-refractivity contribution < 1.29 is 9.84 Å². The SMILES string of the molecule is CCC(NC(=S)NCc1ccc(O)c(OC)c1)c1ccccc1. The van der Waals surface area contributed by atoms with E-state index in [4.69, 9.17) is 17.0 Å². The van der Waals surface area contributed by atoms with Gasteiger partial charge in [0.25, 0.3) is 0 Å². The van der Waals surface area contributed by atoms with E-state index in [9.17, 15) is 5.11 Å². The van der Waals surface area contributed by atoms with Gasteiger partial charge in [-0.15, -0.1) is 0 Å². The highest BCUT2D eigenvalue weighted by Gasteiger charge is 2.10. The van der Waals surface area contributed by atoms with Crippen LogP contribution in [0.5, 0.6) is 11.5 Å². The highest BCUT2D eigenvalue weighted by Crippen LogP contribution is 2.26. The van der Waals surface area contributed by atoms with Crippen LogP contribution in [0.25, 0.3) is 0 Å². The molecule has 1 atom stereocenters. The Morgan fingerprint density at radius 2 is 1.96 bits per heavy atom. The van der Waals surface area contributed by atoms with Crippen LogP contribution < -0.4 is 15.4 Å². The van der Waals surface area contributed by atoms with Crippen LogP contribution in [0.2, 0.25) is 0 Å². The van der Waals surface area contributed by atoms with Crippen LogP contribution in [-0.4, -0.2) is 17.3 Å². The quantitative estimate of drug-likeness (QED) is 0.708. The molecule has 2 aromatic carbocycles. The maximum Gasteiger partial charge on any atom is 0.167 e. The Morgan fingerprint density at radius 1 is 1.22 bits per heavy atom. The summed E-state index contributed by atoms with van der Waals surface area (Å²) in [6.07, 6.45) is 0.943. The molecule has 0 heterocycles. The number of methoxy groups -OCH3 is 1. The van der Waals surface area contributed by atoms with Crippen molar-refractivity contribution in [2.75, 3.05) is 7.11 Å². The van der Waals surface area contributed by atoms with E-state index in [1.54, 1.807) is 12.1 Å². The Kier molecular flexibility index (Phi) is 6.23. The summed E-state index contributed by atoms with van der Waals surface area (Å²) in [5.41, 5.74) is 2.20. The van der Waals surface area contributed by atoms with Crippen molar-refractivity contribution in [2.24, 2.45) is 0 Å². The molecule has 0 amide bonds. The van der Waals surface area contributed by atoms with Gasteiger partial charge in [-0.05, 0) is 41.9 Å². The summed E-state index contributed by atoms with van der Waals surface area (Å²) in [4.78, 5) is 0. The fraction of sp³-hybridized carbons (Fsp3) is 0.278. The Labute approximate surface area is 142 Å². The van der Waals surface area contributed by atoms with Crippen LogP contribution in [0.3, 0.4) is 0 Å². The number of nitrogens with one attached hydrogen (secondary N) is 2. The number of rotatable bonds is 6. The van der Waals surface area contributed by atoms with Crippen LogP contribution in [0.15, 0.2) is 48.5 Å². The van der Waals surface area contributed by atoms with Gasteiger partial charge in [-0.3, -0.25) is 0 Å². The lowest BCUT2D eigenvalue weighted by atomic mass is 10.1. The highest BCUT2D eigenvalue weighted by atomic mass is 32.1. The van der Waals surface area contributed by atoms with Gasteiger partial charge in [0, 0.05) is 6.54 Å². The lowest BCUT2D eigenvalue weighted by Crippen LogP contribution is -2.37. The molecule has 0 fully saturated rings. The third kappa shape index (κ3) is 4.86. The van der Waals surface area contributed by atoms with Gasteiger partial charge in [0.15, 0.2) is 16.6 Å². The van der Waals surface area contributed by atoms with E-state index in [2.05, 4.69) is 29.7 Å². The summed E-state index contributed by atoms with van der Waals surface area (Å²) in [5, 5.41) is 16.7. The normalized spacial score (nSPS) is 11.6. The van der Waals surface area contributed by atoms with E-state index >= 15 is 0 Å². The summed E-state index contributed by atoms with van der Waals surface area (Å²) in [6, 6.07) is 15.7. The Balaban J connectivity index is 1.92. The maximum absolute atomic E-state index is 9.61. The van der Waals surface area contributed by atoms with Crippen molar-refractivity contribution in [1.82, 2.24) is 10.6 Å². The summed E-state index contributed by atoms with van der Waals surface area (Å²) in [5.74, 6) is 0.589. The van der Waals surface area contributed by atoms with Crippen LogP contribution in [0.4, 0.5) is 0 Å². The van der Waals surface area contributed by atoms with E-state index in [-0.39, 0.29) is 11.8 Å². The van der Waals surface area contributed by atoms with Crippen molar-refractivity contribution in [2.45, 2.75) is 25.9 Å². The van der Waals surface area contributed by atoms with Gasteiger partial charge in [-0.2, -0.15) is 0 Å².